The third kappa shape index (κ3) is 2.09. The highest BCUT2D eigenvalue weighted by atomic mass is 35.5. The first kappa shape index (κ1) is 12.1. The minimum atomic E-state index is -0.298. The van der Waals surface area contributed by atoms with Gasteiger partial charge in [-0.1, -0.05) is 29.8 Å². The molecule has 1 amide bonds. The van der Waals surface area contributed by atoms with Gasteiger partial charge in [-0.2, -0.15) is 0 Å². The smallest absolute Gasteiger partial charge is 0.256 e. The van der Waals surface area contributed by atoms with E-state index in [9.17, 15) is 9.59 Å². The predicted molar refractivity (Wildman–Crippen MR) is 76.7 cm³/mol. The van der Waals surface area contributed by atoms with Gasteiger partial charge in [-0.3, -0.25) is 9.59 Å². The molecule has 0 unspecified atom stereocenters. The molecule has 1 aromatic carbocycles. The maximum Gasteiger partial charge on any atom is 0.256 e. The SMILES string of the molecule is O=C1Nc2c(Cl)cccc2C1=CC(=O)c1cccs1. The Hall–Kier alpha value is -1.91. The highest BCUT2D eigenvalue weighted by Gasteiger charge is 2.26. The minimum Gasteiger partial charge on any atom is -0.320 e. The van der Waals surface area contributed by atoms with Crippen LogP contribution in [-0.4, -0.2) is 11.7 Å². The van der Waals surface area contributed by atoms with Crippen LogP contribution in [0.2, 0.25) is 5.02 Å². The van der Waals surface area contributed by atoms with Crippen molar-refractivity contribution < 1.29 is 9.59 Å². The van der Waals surface area contributed by atoms with Crippen LogP contribution in [0.15, 0.2) is 41.8 Å². The van der Waals surface area contributed by atoms with E-state index in [0.717, 1.165) is 0 Å². The van der Waals surface area contributed by atoms with Crippen LogP contribution in [0.4, 0.5) is 5.69 Å². The largest absolute Gasteiger partial charge is 0.320 e. The van der Waals surface area contributed by atoms with Crippen molar-refractivity contribution in [3.05, 3.63) is 57.3 Å². The summed E-state index contributed by atoms with van der Waals surface area (Å²) >= 11 is 7.36. The molecule has 0 saturated heterocycles. The molecule has 1 aromatic heterocycles. The summed E-state index contributed by atoms with van der Waals surface area (Å²) in [5.41, 5.74) is 1.60. The molecule has 0 aliphatic carbocycles. The second kappa shape index (κ2) is 4.64. The van der Waals surface area contributed by atoms with E-state index in [4.69, 9.17) is 11.6 Å². The van der Waals surface area contributed by atoms with E-state index in [0.29, 0.717) is 26.7 Å². The van der Waals surface area contributed by atoms with Crippen molar-refractivity contribution in [2.45, 2.75) is 0 Å². The van der Waals surface area contributed by atoms with Crippen molar-refractivity contribution in [2.75, 3.05) is 5.32 Å². The summed E-state index contributed by atoms with van der Waals surface area (Å²) < 4.78 is 0. The monoisotopic (exact) mass is 289 g/mol. The van der Waals surface area contributed by atoms with Crippen molar-refractivity contribution in [1.82, 2.24) is 0 Å². The zero-order valence-electron chi connectivity index (χ0n) is 9.64. The molecule has 3 nitrogen and oxygen atoms in total. The molecule has 0 saturated carbocycles. The van der Waals surface area contributed by atoms with Crippen molar-refractivity contribution in [2.24, 2.45) is 0 Å². The molecule has 1 aliphatic rings. The maximum atomic E-state index is 12.0. The van der Waals surface area contributed by atoms with E-state index in [2.05, 4.69) is 5.32 Å². The molecule has 1 aliphatic heterocycles. The normalized spacial score (nSPS) is 15.4. The number of anilines is 1. The highest BCUT2D eigenvalue weighted by molar-refractivity contribution is 7.12. The van der Waals surface area contributed by atoms with Crippen LogP contribution < -0.4 is 5.32 Å². The standard InChI is InChI=1S/C14H8ClNO2S/c15-10-4-1-3-8-9(14(18)16-13(8)10)7-11(17)12-5-2-6-19-12/h1-7H,(H,16,18). The van der Waals surface area contributed by atoms with Gasteiger partial charge in [0.1, 0.15) is 0 Å². The summed E-state index contributed by atoms with van der Waals surface area (Å²) in [7, 11) is 0. The van der Waals surface area contributed by atoms with Crippen molar-refractivity contribution in [3.63, 3.8) is 0 Å². The van der Waals surface area contributed by atoms with Gasteiger partial charge in [0.05, 0.1) is 21.2 Å². The average Bonchev–Trinajstić information content (AvgIpc) is 3.00. The number of nitrogens with one attached hydrogen (secondary N) is 1. The van der Waals surface area contributed by atoms with Crippen LogP contribution in [0.3, 0.4) is 0 Å². The summed E-state index contributed by atoms with van der Waals surface area (Å²) in [6, 6.07) is 8.76. The number of fused-ring (bicyclic) bond motifs is 1. The van der Waals surface area contributed by atoms with Gasteiger partial charge >= 0.3 is 0 Å². The first-order chi connectivity index (χ1) is 9.16. The van der Waals surface area contributed by atoms with Gasteiger partial charge in [-0.15, -0.1) is 11.3 Å². The predicted octanol–water partition coefficient (Wildman–Crippen LogP) is 3.62. The lowest BCUT2D eigenvalue weighted by molar-refractivity contribution is -0.110. The number of amides is 1. The van der Waals surface area contributed by atoms with Gasteiger partial charge in [0, 0.05) is 11.6 Å². The number of rotatable bonds is 2. The zero-order valence-corrected chi connectivity index (χ0v) is 11.2. The van der Waals surface area contributed by atoms with Crippen LogP contribution >= 0.6 is 22.9 Å². The van der Waals surface area contributed by atoms with E-state index in [1.165, 1.54) is 17.4 Å². The van der Waals surface area contributed by atoms with E-state index in [1.54, 1.807) is 30.3 Å². The molecule has 0 radical (unpaired) electrons. The zero-order chi connectivity index (χ0) is 13.4. The van der Waals surface area contributed by atoms with E-state index in [-0.39, 0.29) is 11.7 Å². The third-order valence-electron chi connectivity index (χ3n) is 2.83. The van der Waals surface area contributed by atoms with Crippen molar-refractivity contribution in [3.8, 4) is 0 Å². The number of halogens is 1. The lowest BCUT2D eigenvalue weighted by Gasteiger charge is -1.99. The fourth-order valence-electron chi connectivity index (χ4n) is 1.94. The summed E-state index contributed by atoms with van der Waals surface area (Å²) in [4.78, 5) is 24.5. The molecule has 5 heteroatoms. The number of benzene rings is 1. The summed E-state index contributed by atoms with van der Waals surface area (Å²) in [5, 5.41) is 4.97. The molecule has 0 atom stereocenters. The van der Waals surface area contributed by atoms with Gasteiger partial charge in [0.2, 0.25) is 0 Å². The Morgan fingerprint density at radius 3 is 2.84 bits per heavy atom. The Bertz CT molecular complexity index is 704. The Kier molecular flexibility index (Phi) is 2.97. The number of ketones is 1. The van der Waals surface area contributed by atoms with E-state index >= 15 is 0 Å². The Morgan fingerprint density at radius 2 is 2.11 bits per heavy atom. The van der Waals surface area contributed by atoms with Crippen LogP contribution in [0.5, 0.6) is 0 Å². The molecule has 2 heterocycles. The molecule has 1 N–H and O–H groups in total. The molecular weight excluding hydrogens is 282 g/mol. The molecular formula is C14H8ClNO2S. The first-order valence-electron chi connectivity index (χ1n) is 5.56. The van der Waals surface area contributed by atoms with Crippen molar-refractivity contribution in [1.29, 1.82) is 0 Å². The first-order valence-corrected chi connectivity index (χ1v) is 6.82. The van der Waals surface area contributed by atoms with Crippen LogP contribution in [0.1, 0.15) is 15.2 Å². The quantitative estimate of drug-likeness (QED) is 0.678. The van der Waals surface area contributed by atoms with Crippen molar-refractivity contribution >= 4 is 45.9 Å². The topological polar surface area (TPSA) is 46.2 Å². The fraction of sp³-hybridized carbons (Fsp3) is 0. The minimum absolute atomic E-state index is 0.173. The lowest BCUT2D eigenvalue weighted by Crippen LogP contribution is -2.05. The van der Waals surface area contributed by atoms with Gasteiger partial charge < -0.3 is 5.32 Å². The highest BCUT2D eigenvalue weighted by Crippen LogP contribution is 2.37. The van der Waals surface area contributed by atoms with Gasteiger partial charge in [0.15, 0.2) is 5.78 Å². The number of para-hydroxylation sites is 1. The molecule has 94 valence electrons. The lowest BCUT2D eigenvalue weighted by atomic mass is 10.1. The number of allylic oxidation sites excluding steroid dienone is 1. The van der Waals surface area contributed by atoms with Crippen LogP contribution in [0, 0.1) is 0 Å². The fourth-order valence-corrected chi connectivity index (χ4v) is 2.80. The Balaban J connectivity index is 2.05. The second-order valence-corrected chi connectivity index (χ2v) is 5.37. The number of carbonyl (C=O) groups is 2. The summed E-state index contributed by atoms with van der Waals surface area (Å²) in [6.07, 6.45) is 1.36. The number of carbonyl (C=O) groups excluding carboxylic acids is 2. The van der Waals surface area contributed by atoms with E-state index < -0.39 is 0 Å². The molecule has 3 rings (SSSR count). The molecule has 19 heavy (non-hydrogen) atoms. The third-order valence-corrected chi connectivity index (χ3v) is 4.03. The Morgan fingerprint density at radius 1 is 1.26 bits per heavy atom. The number of hydrogen-bond donors (Lipinski definition) is 1. The number of thiophene rings is 1. The second-order valence-electron chi connectivity index (χ2n) is 4.02. The molecule has 0 bridgehead atoms. The van der Waals surface area contributed by atoms with Gasteiger partial charge in [-0.05, 0) is 17.5 Å². The summed E-state index contributed by atoms with van der Waals surface area (Å²) in [5.74, 6) is -0.471. The number of hydrogen-bond acceptors (Lipinski definition) is 3. The Labute approximate surface area is 118 Å². The molecule has 2 aromatic rings. The van der Waals surface area contributed by atoms with Crippen LogP contribution in [0.25, 0.3) is 5.57 Å². The molecule has 0 spiro atoms. The molecule has 0 fully saturated rings. The summed E-state index contributed by atoms with van der Waals surface area (Å²) in [6.45, 7) is 0. The van der Waals surface area contributed by atoms with Crippen LogP contribution in [-0.2, 0) is 4.79 Å². The van der Waals surface area contributed by atoms with Gasteiger partial charge in [0.25, 0.3) is 5.91 Å². The maximum absolute atomic E-state index is 12.0. The average molecular weight is 290 g/mol. The van der Waals surface area contributed by atoms with Gasteiger partial charge in [-0.25, -0.2) is 0 Å². The van der Waals surface area contributed by atoms with E-state index in [1.807, 2.05) is 5.38 Å².